The molecule has 0 bridgehead atoms. The molecule has 1 amide bonds. The number of carbonyl (C=O) groups is 1. The smallest absolute Gasteiger partial charge is 0.410 e. The summed E-state index contributed by atoms with van der Waals surface area (Å²) in [7, 11) is 0. The fourth-order valence-corrected chi connectivity index (χ4v) is 4.25. The Labute approximate surface area is 191 Å². The lowest BCUT2D eigenvalue weighted by molar-refractivity contribution is 0.0174. The molecule has 0 unspecified atom stereocenters. The van der Waals surface area contributed by atoms with Gasteiger partial charge >= 0.3 is 6.09 Å². The summed E-state index contributed by atoms with van der Waals surface area (Å²) in [5.41, 5.74) is 4.03. The van der Waals surface area contributed by atoms with Gasteiger partial charge in [-0.3, -0.25) is 0 Å². The maximum absolute atomic E-state index is 12.6. The number of rotatable bonds is 2. The second-order valence-electron chi connectivity index (χ2n) is 9.33. The number of piperidine rings is 1. The van der Waals surface area contributed by atoms with E-state index in [1.165, 1.54) is 0 Å². The Hall–Kier alpha value is -3.93. The van der Waals surface area contributed by atoms with Crippen molar-refractivity contribution in [2.24, 2.45) is 0 Å². The van der Waals surface area contributed by atoms with Crippen LogP contribution in [-0.2, 0) is 4.74 Å². The van der Waals surface area contributed by atoms with E-state index in [0.717, 1.165) is 40.8 Å². The highest BCUT2D eigenvalue weighted by molar-refractivity contribution is 5.82. The van der Waals surface area contributed by atoms with Crippen LogP contribution in [-0.4, -0.2) is 53.8 Å². The average Bonchev–Trinajstić information content (AvgIpc) is 3.41. The van der Waals surface area contributed by atoms with Gasteiger partial charge in [0.2, 0.25) is 0 Å². The van der Waals surface area contributed by atoms with Crippen molar-refractivity contribution in [3.63, 3.8) is 0 Å². The Bertz CT molecular complexity index is 1390. The van der Waals surface area contributed by atoms with E-state index in [1.807, 2.05) is 39.0 Å². The molecule has 9 nitrogen and oxygen atoms in total. The highest BCUT2D eigenvalue weighted by Gasteiger charge is 2.29. The summed E-state index contributed by atoms with van der Waals surface area (Å²) in [4.78, 5) is 23.8. The first-order valence-corrected chi connectivity index (χ1v) is 11.0. The quantitative estimate of drug-likeness (QED) is 0.460. The molecule has 168 valence electrons. The van der Waals surface area contributed by atoms with E-state index >= 15 is 0 Å². The monoisotopic (exact) mass is 443 g/mol. The van der Waals surface area contributed by atoms with Crippen LogP contribution in [0.4, 0.5) is 4.79 Å². The molecule has 1 aliphatic heterocycles. The van der Waals surface area contributed by atoms with E-state index in [4.69, 9.17) is 9.72 Å². The van der Waals surface area contributed by atoms with Gasteiger partial charge in [-0.15, -0.1) is 0 Å². The molecule has 0 saturated carbocycles. The first kappa shape index (κ1) is 20.9. The zero-order valence-corrected chi connectivity index (χ0v) is 18.9. The summed E-state index contributed by atoms with van der Waals surface area (Å²) >= 11 is 0. The number of nitriles is 1. The highest BCUT2D eigenvalue weighted by Crippen LogP contribution is 2.29. The highest BCUT2D eigenvalue weighted by atomic mass is 16.6. The SMILES string of the molecule is CC(C)(C)OC(=O)N1CCC[C@H](n2cnc3ccc(-c4cnn5ccc(C#N)cc45)nc32)C1. The van der Waals surface area contributed by atoms with Gasteiger partial charge in [-0.25, -0.2) is 19.3 Å². The average molecular weight is 444 g/mol. The van der Waals surface area contributed by atoms with Crippen LogP contribution in [0.2, 0.25) is 0 Å². The topological polar surface area (TPSA) is 101 Å². The largest absolute Gasteiger partial charge is 0.444 e. The Morgan fingerprint density at radius 1 is 1.27 bits per heavy atom. The zero-order valence-electron chi connectivity index (χ0n) is 18.9. The Kier molecular flexibility index (Phi) is 5.01. The molecule has 33 heavy (non-hydrogen) atoms. The van der Waals surface area contributed by atoms with Crippen molar-refractivity contribution in [1.29, 1.82) is 5.26 Å². The number of amides is 1. The summed E-state index contributed by atoms with van der Waals surface area (Å²) in [6.07, 6.45) is 6.86. The molecule has 9 heteroatoms. The third kappa shape index (κ3) is 4.00. The molecule has 1 fully saturated rings. The van der Waals surface area contributed by atoms with Crippen molar-refractivity contribution >= 4 is 22.8 Å². The molecule has 0 aromatic carbocycles. The molecule has 4 aromatic rings. The van der Waals surface area contributed by atoms with E-state index in [9.17, 15) is 10.1 Å². The molecule has 5 heterocycles. The molecule has 4 aromatic heterocycles. The summed E-state index contributed by atoms with van der Waals surface area (Å²) in [6.45, 7) is 6.86. The molecule has 1 aliphatic rings. The molecule has 1 saturated heterocycles. The van der Waals surface area contributed by atoms with Gasteiger partial charge in [0, 0.05) is 24.8 Å². The number of hydrogen-bond donors (Lipinski definition) is 0. The van der Waals surface area contributed by atoms with E-state index < -0.39 is 5.60 Å². The zero-order chi connectivity index (χ0) is 23.2. The molecule has 0 spiro atoms. The van der Waals surface area contributed by atoms with Gasteiger partial charge in [0.15, 0.2) is 5.65 Å². The summed E-state index contributed by atoms with van der Waals surface area (Å²) in [5.74, 6) is 0. The van der Waals surface area contributed by atoms with Gasteiger partial charge in [0.05, 0.1) is 41.4 Å². The number of pyridine rings is 2. The number of nitrogens with zero attached hydrogens (tertiary/aromatic N) is 7. The number of fused-ring (bicyclic) bond motifs is 2. The van der Waals surface area contributed by atoms with E-state index in [0.29, 0.717) is 18.7 Å². The Morgan fingerprint density at radius 2 is 2.12 bits per heavy atom. The van der Waals surface area contributed by atoms with E-state index in [2.05, 4.69) is 20.7 Å². The normalized spacial score (nSPS) is 16.8. The van der Waals surface area contributed by atoms with E-state index in [-0.39, 0.29) is 12.1 Å². The summed E-state index contributed by atoms with van der Waals surface area (Å²) < 4.78 is 9.37. The molecular formula is C24H25N7O2. The van der Waals surface area contributed by atoms with Gasteiger partial charge in [-0.2, -0.15) is 10.4 Å². The van der Waals surface area contributed by atoms with Gasteiger partial charge < -0.3 is 14.2 Å². The minimum absolute atomic E-state index is 0.0631. The van der Waals surface area contributed by atoms with Gasteiger partial charge in [0.1, 0.15) is 11.1 Å². The number of aromatic nitrogens is 5. The van der Waals surface area contributed by atoms with Crippen molar-refractivity contribution in [2.45, 2.75) is 45.3 Å². The van der Waals surface area contributed by atoms with Crippen molar-refractivity contribution in [3.05, 3.63) is 48.5 Å². The second-order valence-corrected chi connectivity index (χ2v) is 9.33. The molecule has 0 aliphatic carbocycles. The van der Waals surface area contributed by atoms with Crippen LogP contribution in [0.5, 0.6) is 0 Å². The fourth-order valence-electron chi connectivity index (χ4n) is 4.25. The Balaban J connectivity index is 1.48. The van der Waals surface area contributed by atoms with Gasteiger partial charge in [-0.05, 0) is 57.9 Å². The molecule has 0 radical (unpaired) electrons. The van der Waals surface area contributed by atoms with Crippen LogP contribution < -0.4 is 0 Å². The molecular weight excluding hydrogens is 418 g/mol. The molecule has 1 atom stereocenters. The first-order valence-electron chi connectivity index (χ1n) is 11.0. The summed E-state index contributed by atoms with van der Waals surface area (Å²) in [6, 6.07) is 9.64. The van der Waals surface area contributed by atoms with Crippen LogP contribution in [0.15, 0.2) is 43.0 Å². The minimum Gasteiger partial charge on any atom is -0.444 e. The van der Waals surface area contributed by atoms with Crippen LogP contribution in [0.3, 0.4) is 0 Å². The number of imidazole rings is 1. The van der Waals surface area contributed by atoms with Crippen LogP contribution >= 0.6 is 0 Å². The Morgan fingerprint density at radius 3 is 2.91 bits per heavy atom. The third-order valence-corrected chi connectivity index (χ3v) is 5.79. The van der Waals surface area contributed by atoms with Crippen LogP contribution in [0.25, 0.3) is 27.9 Å². The maximum atomic E-state index is 12.6. The van der Waals surface area contributed by atoms with Crippen molar-refractivity contribution in [2.75, 3.05) is 13.1 Å². The number of carbonyl (C=O) groups excluding carboxylic acids is 1. The maximum Gasteiger partial charge on any atom is 0.410 e. The minimum atomic E-state index is -0.526. The molecule has 5 rings (SSSR count). The van der Waals surface area contributed by atoms with Crippen molar-refractivity contribution in [3.8, 4) is 17.3 Å². The lowest BCUT2D eigenvalue weighted by Crippen LogP contribution is -2.43. The lowest BCUT2D eigenvalue weighted by Gasteiger charge is -2.34. The molecule has 0 N–H and O–H groups in total. The number of ether oxygens (including phenoxy) is 1. The number of hydrogen-bond acceptors (Lipinski definition) is 6. The lowest BCUT2D eigenvalue weighted by atomic mass is 10.1. The van der Waals surface area contributed by atoms with Crippen LogP contribution in [0, 0.1) is 11.3 Å². The standard InChI is InChI=1S/C24H25N7O2/c1-24(2,3)33-23(32)29-9-4-5-17(14-29)30-15-26-20-7-6-19(28-22(20)30)18-13-27-31-10-8-16(12-25)11-21(18)31/h6-8,10-11,13,15,17H,4-5,9,14H2,1-3H3/t17-/m0/s1. The van der Waals surface area contributed by atoms with Crippen molar-refractivity contribution < 1.29 is 9.53 Å². The first-order chi connectivity index (χ1) is 15.8. The fraction of sp³-hybridized carbons (Fsp3) is 0.375. The van der Waals surface area contributed by atoms with Gasteiger partial charge in [-0.1, -0.05) is 0 Å². The van der Waals surface area contributed by atoms with E-state index in [1.54, 1.807) is 34.2 Å². The van der Waals surface area contributed by atoms with Crippen molar-refractivity contribution in [1.82, 2.24) is 29.0 Å². The number of likely N-dealkylation sites (tertiary alicyclic amines) is 1. The van der Waals surface area contributed by atoms with Crippen LogP contribution in [0.1, 0.15) is 45.2 Å². The third-order valence-electron chi connectivity index (χ3n) is 5.79. The predicted octanol–water partition coefficient (Wildman–Crippen LogP) is 4.19. The van der Waals surface area contributed by atoms with Gasteiger partial charge in [0.25, 0.3) is 0 Å². The second kappa shape index (κ2) is 7.89. The summed E-state index contributed by atoms with van der Waals surface area (Å²) in [5, 5.41) is 13.7. The predicted molar refractivity (Wildman–Crippen MR) is 123 cm³/mol.